The highest BCUT2D eigenvalue weighted by molar-refractivity contribution is 5.84. The number of nitrogens with one attached hydrogen (secondary N) is 1. The fraction of sp³-hybridized carbons (Fsp3) is 0.417. The number of carboxylic acid groups (broad SMARTS) is 1. The molecule has 0 aliphatic heterocycles. The van der Waals surface area contributed by atoms with E-state index in [1.54, 1.807) is 0 Å². The van der Waals surface area contributed by atoms with Crippen LogP contribution in [0.4, 0.5) is 0 Å². The van der Waals surface area contributed by atoms with Crippen molar-refractivity contribution in [2.75, 3.05) is 0 Å². The van der Waals surface area contributed by atoms with Crippen LogP contribution in [0.5, 0.6) is 0 Å². The summed E-state index contributed by atoms with van der Waals surface area (Å²) in [5.74, 6) is -1.00. The monoisotopic (exact) mass is 250 g/mol. The van der Waals surface area contributed by atoms with E-state index in [9.17, 15) is 9.59 Å². The van der Waals surface area contributed by atoms with Crippen LogP contribution >= 0.6 is 0 Å². The van der Waals surface area contributed by atoms with Gasteiger partial charge in [-0.05, 0) is 19.3 Å². The number of nitrogens with zero attached hydrogens (tertiary/aromatic N) is 1. The number of aromatic carboxylic acids is 1. The van der Waals surface area contributed by atoms with Gasteiger partial charge >= 0.3 is 5.97 Å². The lowest BCUT2D eigenvalue weighted by atomic mass is 9.94. The molecule has 0 bridgehead atoms. The lowest BCUT2D eigenvalue weighted by Gasteiger charge is -2.16. The number of oxazole rings is 1. The highest BCUT2D eigenvalue weighted by Gasteiger charge is 2.19. The summed E-state index contributed by atoms with van der Waals surface area (Å²) in [4.78, 5) is 26.1. The third kappa shape index (κ3) is 2.97. The van der Waals surface area contributed by atoms with Crippen molar-refractivity contribution in [2.45, 2.75) is 25.8 Å². The van der Waals surface area contributed by atoms with Gasteiger partial charge < -0.3 is 14.8 Å². The van der Waals surface area contributed by atoms with E-state index in [0.29, 0.717) is 0 Å². The van der Waals surface area contributed by atoms with Crippen LogP contribution in [-0.2, 0) is 11.3 Å². The Balaban J connectivity index is 1.85. The summed E-state index contributed by atoms with van der Waals surface area (Å²) < 4.78 is 4.94. The zero-order valence-electron chi connectivity index (χ0n) is 9.76. The Hall–Kier alpha value is -2.11. The predicted molar refractivity (Wildman–Crippen MR) is 61.8 cm³/mol. The summed E-state index contributed by atoms with van der Waals surface area (Å²) >= 11 is 0. The van der Waals surface area contributed by atoms with Gasteiger partial charge in [0.05, 0.1) is 6.54 Å². The van der Waals surface area contributed by atoms with E-state index in [4.69, 9.17) is 9.52 Å². The van der Waals surface area contributed by atoms with Crippen molar-refractivity contribution >= 4 is 11.9 Å². The van der Waals surface area contributed by atoms with Crippen molar-refractivity contribution < 1.29 is 19.1 Å². The van der Waals surface area contributed by atoms with Crippen LogP contribution < -0.4 is 5.32 Å². The number of hydrogen-bond acceptors (Lipinski definition) is 4. The molecule has 6 nitrogen and oxygen atoms in total. The molecular weight excluding hydrogens is 236 g/mol. The second-order valence-electron chi connectivity index (χ2n) is 4.13. The molecule has 2 rings (SSSR count). The molecule has 6 heteroatoms. The number of hydrogen-bond donors (Lipinski definition) is 2. The van der Waals surface area contributed by atoms with Crippen LogP contribution in [0.1, 0.15) is 35.6 Å². The Morgan fingerprint density at radius 3 is 2.94 bits per heavy atom. The zero-order valence-corrected chi connectivity index (χ0v) is 9.76. The molecule has 0 unspecified atom stereocenters. The van der Waals surface area contributed by atoms with Crippen molar-refractivity contribution in [2.24, 2.45) is 5.92 Å². The Labute approximate surface area is 104 Å². The van der Waals surface area contributed by atoms with Gasteiger partial charge in [-0.15, -0.1) is 0 Å². The Morgan fingerprint density at radius 2 is 2.33 bits per heavy atom. The second kappa shape index (κ2) is 5.48. The normalized spacial score (nSPS) is 18.6. The smallest absolute Gasteiger partial charge is 0.357 e. The van der Waals surface area contributed by atoms with Crippen molar-refractivity contribution in [1.29, 1.82) is 0 Å². The minimum Gasteiger partial charge on any atom is -0.476 e. The van der Waals surface area contributed by atoms with Crippen molar-refractivity contribution in [1.82, 2.24) is 10.3 Å². The third-order valence-electron chi connectivity index (χ3n) is 2.82. The minimum atomic E-state index is -1.14. The molecule has 1 aromatic heterocycles. The summed E-state index contributed by atoms with van der Waals surface area (Å²) in [7, 11) is 0. The van der Waals surface area contributed by atoms with Gasteiger partial charge in [0.25, 0.3) is 0 Å². The van der Waals surface area contributed by atoms with E-state index < -0.39 is 5.97 Å². The maximum absolute atomic E-state index is 11.8. The average Bonchev–Trinajstić information content (AvgIpc) is 2.86. The molecule has 1 aromatic rings. The number of aromatic nitrogens is 1. The van der Waals surface area contributed by atoms with Crippen LogP contribution in [0.3, 0.4) is 0 Å². The Bertz CT molecular complexity index is 478. The summed E-state index contributed by atoms with van der Waals surface area (Å²) in [6.45, 7) is 0.117. The molecule has 0 saturated heterocycles. The molecule has 1 atom stereocenters. The van der Waals surface area contributed by atoms with E-state index in [1.807, 2.05) is 6.08 Å². The van der Waals surface area contributed by atoms with Gasteiger partial charge in [-0.3, -0.25) is 4.79 Å². The van der Waals surface area contributed by atoms with Crippen LogP contribution in [0.15, 0.2) is 22.8 Å². The lowest BCUT2D eigenvalue weighted by Crippen LogP contribution is -2.30. The van der Waals surface area contributed by atoms with Crippen LogP contribution in [-0.4, -0.2) is 22.0 Å². The van der Waals surface area contributed by atoms with Crippen LogP contribution in [0.2, 0.25) is 0 Å². The molecule has 18 heavy (non-hydrogen) atoms. The largest absolute Gasteiger partial charge is 0.476 e. The summed E-state index contributed by atoms with van der Waals surface area (Å²) in [6, 6.07) is 0. The van der Waals surface area contributed by atoms with Crippen LogP contribution in [0, 0.1) is 5.92 Å². The molecule has 0 saturated carbocycles. The van der Waals surface area contributed by atoms with Gasteiger partial charge in [-0.1, -0.05) is 12.2 Å². The fourth-order valence-corrected chi connectivity index (χ4v) is 1.83. The molecule has 1 amide bonds. The fourth-order valence-electron chi connectivity index (χ4n) is 1.83. The van der Waals surface area contributed by atoms with E-state index in [1.165, 1.54) is 0 Å². The van der Waals surface area contributed by atoms with Crippen molar-refractivity contribution in [3.8, 4) is 0 Å². The van der Waals surface area contributed by atoms with Gasteiger partial charge in [0.15, 0.2) is 5.69 Å². The number of carbonyl (C=O) groups is 2. The maximum Gasteiger partial charge on any atom is 0.357 e. The number of carbonyl (C=O) groups excluding carboxylic acids is 1. The summed E-state index contributed by atoms with van der Waals surface area (Å²) in [5.41, 5.74) is -0.153. The number of allylic oxidation sites excluding steroid dienone is 2. The number of carboxylic acids is 1. The Kier molecular flexibility index (Phi) is 3.76. The van der Waals surface area contributed by atoms with Gasteiger partial charge in [-0.2, -0.15) is 0 Å². The molecule has 0 aromatic carbocycles. The van der Waals surface area contributed by atoms with Gasteiger partial charge in [-0.25, -0.2) is 9.78 Å². The molecular formula is C12H14N2O4. The summed E-state index contributed by atoms with van der Waals surface area (Å²) in [5, 5.41) is 11.4. The highest BCUT2D eigenvalue weighted by atomic mass is 16.4. The van der Waals surface area contributed by atoms with Crippen LogP contribution in [0.25, 0.3) is 0 Å². The topological polar surface area (TPSA) is 92.4 Å². The van der Waals surface area contributed by atoms with E-state index in [0.717, 1.165) is 25.5 Å². The van der Waals surface area contributed by atoms with Crippen molar-refractivity contribution in [3.63, 3.8) is 0 Å². The zero-order chi connectivity index (χ0) is 13.0. The van der Waals surface area contributed by atoms with E-state index in [-0.39, 0.29) is 30.0 Å². The molecule has 1 heterocycles. The Morgan fingerprint density at radius 1 is 1.50 bits per heavy atom. The first-order valence-electron chi connectivity index (χ1n) is 5.77. The SMILES string of the molecule is O=C(O)c1coc(CNC(=O)[C@@H]2CC=CCC2)n1. The first-order chi connectivity index (χ1) is 8.66. The molecule has 0 spiro atoms. The lowest BCUT2D eigenvalue weighted by molar-refractivity contribution is -0.125. The van der Waals surface area contributed by atoms with Gasteiger partial charge in [0.1, 0.15) is 6.26 Å². The third-order valence-corrected chi connectivity index (χ3v) is 2.82. The van der Waals surface area contributed by atoms with E-state index >= 15 is 0 Å². The molecule has 2 N–H and O–H groups in total. The quantitative estimate of drug-likeness (QED) is 0.787. The number of amides is 1. The second-order valence-corrected chi connectivity index (χ2v) is 4.13. The predicted octanol–water partition coefficient (Wildman–Crippen LogP) is 1.35. The van der Waals surface area contributed by atoms with E-state index in [2.05, 4.69) is 16.4 Å². The molecule has 96 valence electrons. The molecule has 0 radical (unpaired) electrons. The van der Waals surface area contributed by atoms with Crippen molar-refractivity contribution in [3.05, 3.63) is 30.0 Å². The standard InChI is InChI=1S/C12H14N2O4/c15-11(8-4-2-1-3-5-8)13-6-10-14-9(7-18-10)12(16)17/h1-2,7-8H,3-6H2,(H,13,15)(H,16,17)/t8-/m1/s1. The molecule has 1 aliphatic rings. The maximum atomic E-state index is 11.8. The highest BCUT2D eigenvalue weighted by Crippen LogP contribution is 2.18. The first kappa shape index (κ1) is 12.3. The molecule has 0 fully saturated rings. The number of rotatable bonds is 4. The van der Waals surface area contributed by atoms with Gasteiger partial charge in [0.2, 0.25) is 11.8 Å². The summed E-state index contributed by atoms with van der Waals surface area (Å²) in [6.07, 6.45) is 7.64. The minimum absolute atomic E-state index is 0.0103. The molecule has 1 aliphatic carbocycles. The average molecular weight is 250 g/mol. The first-order valence-corrected chi connectivity index (χ1v) is 5.77. The van der Waals surface area contributed by atoms with Gasteiger partial charge in [0, 0.05) is 5.92 Å².